The lowest BCUT2D eigenvalue weighted by Crippen LogP contribution is -2.01. The minimum absolute atomic E-state index is 0.0342. The summed E-state index contributed by atoms with van der Waals surface area (Å²) in [5.41, 5.74) is 3.36. The van der Waals surface area contributed by atoms with Crippen LogP contribution >= 0.6 is 0 Å². The van der Waals surface area contributed by atoms with E-state index in [9.17, 15) is 0 Å². The number of aryl methyl sites for hydroxylation is 2. The Balaban J connectivity index is 1.76. The van der Waals surface area contributed by atoms with E-state index >= 15 is 0 Å². The highest BCUT2D eigenvalue weighted by atomic mass is 16.5. The summed E-state index contributed by atoms with van der Waals surface area (Å²) in [7, 11) is 0. The lowest BCUT2D eigenvalue weighted by atomic mass is 10.0. The molecule has 1 heterocycles. The Morgan fingerprint density at radius 3 is 2.68 bits per heavy atom. The number of aromatic nitrogens is 1. The molecule has 0 saturated heterocycles. The summed E-state index contributed by atoms with van der Waals surface area (Å²) in [5.74, 6) is 0.752. The number of pyridine rings is 1. The van der Waals surface area contributed by atoms with Crippen LogP contribution < -0.4 is 4.74 Å². The highest BCUT2D eigenvalue weighted by molar-refractivity contribution is 5.25. The molecule has 19 heavy (non-hydrogen) atoms. The van der Waals surface area contributed by atoms with Gasteiger partial charge in [0.05, 0.1) is 25.1 Å². The van der Waals surface area contributed by atoms with Crippen molar-refractivity contribution in [2.45, 2.75) is 26.4 Å². The maximum atomic E-state index is 8.89. The third-order valence-electron chi connectivity index (χ3n) is 3.08. The molecule has 1 N–H and O–H groups in total. The zero-order chi connectivity index (χ0) is 13.5. The van der Waals surface area contributed by atoms with Crippen molar-refractivity contribution in [3.63, 3.8) is 0 Å². The van der Waals surface area contributed by atoms with Crippen LogP contribution in [0.4, 0.5) is 0 Å². The lowest BCUT2D eigenvalue weighted by Gasteiger charge is -2.07. The monoisotopic (exact) mass is 257 g/mol. The summed E-state index contributed by atoms with van der Waals surface area (Å²) in [6.07, 6.45) is 3.65. The van der Waals surface area contributed by atoms with Gasteiger partial charge in [0.1, 0.15) is 5.75 Å². The first-order chi connectivity index (χ1) is 9.29. The third-order valence-corrected chi connectivity index (χ3v) is 3.08. The highest BCUT2D eigenvalue weighted by Crippen LogP contribution is 2.12. The summed E-state index contributed by atoms with van der Waals surface area (Å²) in [5, 5.41) is 8.89. The van der Waals surface area contributed by atoms with Crippen molar-refractivity contribution in [3.05, 3.63) is 59.4 Å². The van der Waals surface area contributed by atoms with Crippen molar-refractivity contribution < 1.29 is 9.84 Å². The minimum Gasteiger partial charge on any atom is -0.492 e. The van der Waals surface area contributed by atoms with Crippen molar-refractivity contribution in [2.24, 2.45) is 0 Å². The smallest absolute Gasteiger partial charge is 0.137 e. The van der Waals surface area contributed by atoms with Gasteiger partial charge in [-0.25, -0.2) is 0 Å². The second-order valence-electron chi connectivity index (χ2n) is 4.52. The van der Waals surface area contributed by atoms with Crippen LogP contribution in [0.25, 0.3) is 0 Å². The number of ether oxygens (including phenoxy) is 1. The van der Waals surface area contributed by atoms with E-state index in [0.29, 0.717) is 12.3 Å². The van der Waals surface area contributed by atoms with Gasteiger partial charge in [0, 0.05) is 0 Å². The molecule has 0 radical (unpaired) electrons. The Bertz CT molecular complexity index is 508. The van der Waals surface area contributed by atoms with Crippen LogP contribution in [-0.2, 0) is 13.0 Å². The molecule has 0 amide bonds. The first kappa shape index (κ1) is 13.6. The van der Waals surface area contributed by atoms with Gasteiger partial charge in [0.15, 0.2) is 0 Å². The lowest BCUT2D eigenvalue weighted by molar-refractivity contribution is 0.275. The zero-order valence-electron chi connectivity index (χ0n) is 11.2. The maximum Gasteiger partial charge on any atom is 0.137 e. The fourth-order valence-electron chi connectivity index (χ4n) is 1.93. The molecule has 0 bridgehead atoms. The SMILES string of the molecule is Cc1ccccc1CCCOc1ccc(CO)nc1. The van der Waals surface area contributed by atoms with Gasteiger partial charge in [0.25, 0.3) is 0 Å². The summed E-state index contributed by atoms with van der Waals surface area (Å²) in [6.45, 7) is 2.77. The van der Waals surface area contributed by atoms with Crippen LogP contribution in [0.2, 0.25) is 0 Å². The predicted molar refractivity (Wildman–Crippen MR) is 75.2 cm³/mol. The van der Waals surface area contributed by atoms with Crippen LogP contribution in [0.5, 0.6) is 5.75 Å². The molecule has 0 unspecified atom stereocenters. The summed E-state index contributed by atoms with van der Waals surface area (Å²) in [4.78, 5) is 4.07. The quantitative estimate of drug-likeness (QED) is 0.809. The van der Waals surface area contributed by atoms with Gasteiger partial charge in [-0.1, -0.05) is 24.3 Å². The standard InChI is InChI=1S/C16H19NO2/c1-13-5-2-3-6-14(13)7-4-10-19-16-9-8-15(12-18)17-11-16/h2-3,5-6,8-9,11,18H,4,7,10,12H2,1H3. The van der Waals surface area contributed by atoms with Gasteiger partial charge < -0.3 is 9.84 Å². The number of hydrogen-bond donors (Lipinski definition) is 1. The minimum atomic E-state index is -0.0342. The summed E-state index contributed by atoms with van der Waals surface area (Å²) < 4.78 is 5.62. The largest absolute Gasteiger partial charge is 0.492 e. The normalized spacial score (nSPS) is 10.4. The van der Waals surface area contributed by atoms with Crippen LogP contribution in [0, 0.1) is 6.92 Å². The van der Waals surface area contributed by atoms with Crippen LogP contribution in [0.1, 0.15) is 23.2 Å². The molecule has 100 valence electrons. The van der Waals surface area contributed by atoms with E-state index in [0.717, 1.165) is 18.6 Å². The summed E-state index contributed by atoms with van der Waals surface area (Å²) >= 11 is 0. The Labute approximate surface area is 113 Å². The average molecular weight is 257 g/mol. The highest BCUT2D eigenvalue weighted by Gasteiger charge is 1.99. The number of nitrogens with zero attached hydrogens (tertiary/aromatic N) is 1. The number of hydrogen-bond acceptors (Lipinski definition) is 3. The number of aliphatic hydroxyl groups excluding tert-OH is 1. The van der Waals surface area contributed by atoms with E-state index in [1.807, 2.05) is 6.07 Å². The van der Waals surface area contributed by atoms with Crippen molar-refractivity contribution in [1.29, 1.82) is 0 Å². The Kier molecular flexibility index (Phi) is 4.93. The summed E-state index contributed by atoms with van der Waals surface area (Å²) in [6, 6.07) is 12.0. The molecule has 2 aromatic rings. The molecule has 1 aromatic heterocycles. The van der Waals surface area contributed by atoms with Crippen molar-refractivity contribution in [3.8, 4) is 5.75 Å². The fourth-order valence-corrected chi connectivity index (χ4v) is 1.93. The molecule has 3 nitrogen and oxygen atoms in total. The Morgan fingerprint density at radius 2 is 2.00 bits per heavy atom. The number of aliphatic hydroxyl groups is 1. The van der Waals surface area contributed by atoms with Gasteiger partial charge >= 0.3 is 0 Å². The van der Waals surface area contributed by atoms with E-state index < -0.39 is 0 Å². The van der Waals surface area contributed by atoms with Crippen LogP contribution in [0.3, 0.4) is 0 Å². The molecular formula is C16H19NO2. The molecule has 1 aromatic carbocycles. The maximum absolute atomic E-state index is 8.89. The molecular weight excluding hydrogens is 238 g/mol. The molecule has 0 aliphatic carbocycles. The number of benzene rings is 1. The van der Waals surface area contributed by atoms with Gasteiger partial charge in [-0.15, -0.1) is 0 Å². The first-order valence-electron chi connectivity index (χ1n) is 6.52. The Morgan fingerprint density at radius 1 is 1.16 bits per heavy atom. The van der Waals surface area contributed by atoms with E-state index in [2.05, 4.69) is 36.2 Å². The zero-order valence-corrected chi connectivity index (χ0v) is 11.2. The topological polar surface area (TPSA) is 42.4 Å². The first-order valence-corrected chi connectivity index (χ1v) is 6.52. The van der Waals surface area contributed by atoms with Gasteiger partial charge in [-0.05, 0) is 43.0 Å². The van der Waals surface area contributed by atoms with Crippen molar-refractivity contribution in [1.82, 2.24) is 4.98 Å². The molecule has 0 aliphatic heterocycles. The van der Waals surface area contributed by atoms with Gasteiger partial charge in [-0.2, -0.15) is 0 Å². The van der Waals surface area contributed by atoms with E-state index in [1.54, 1.807) is 12.3 Å². The van der Waals surface area contributed by atoms with Gasteiger partial charge in [0.2, 0.25) is 0 Å². The number of rotatable bonds is 6. The van der Waals surface area contributed by atoms with Gasteiger partial charge in [-0.3, -0.25) is 4.98 Å². The average Bonchev–Trinajstić information content (AvgIpc) is 2.46. The Hall–Kier alpha value is -1.87. The molecule has 0 spiro atoms. The molecule has 0 aliphatic rings. The molecule has 0 atom stereocenters. The van der Waals surface area contributed by atoms with Crippen molar-refractivity contribution in [2.75, 3.05) is 6.61 Å². The molecule has 3 heteroatoms. The third kappa shape index (κ3) is 4.07. The molecule has 0 saturated carbocycles. The van der Waals surface area contributed by atoms with E-state index in [1.165, 1.54) is 11.1 Å². The predicted octanol–water partition coefficient (Wildman–Crippen LogP) is 2.89. The van der Waals surface area contributed by atoms with E-state index in [-0.39, 0.29) is 6.61 Å². The van der Waals surface area contributed by atoms with Crippen LogP contribution in [-0.4, -0.2) is 16.7 Å². The fraction of sp³-hybridized carbons (Fsp3) is 0.312. The molecule has 0 fully saturated rings. The second-order valence-corrected chi connectivity index (χ2v) is 4.52. The van der Waals surface area contributed by atoms with Crippen LogP contribution in [0.15, 0.2) is 42.6 Å². The second kappa shape index (κ2) is 6.90. The molecule has 2 rings (SSSR count). The van der Waals surface area contributed by atoms with Crippen molar-refractivity contribution >= 4 is 0 Å². The van der Waals surface area contributed by atoms with E-state index in [4.69, 9.17) is 9.84 Å².